The van der Waals surface area contributed by atoms with E-state index in [0.717, 1.165) is 16.9 Å². The van der Waals surface area contributed by atoms with E-state index in [4.69, 9.17) is 4.98 Å². The molecule has 3 heteroatoms. The number of aliphatic hydroxyl groups excluding tert-OH is 1. The number of nitrogens with zero attached hydrogens (tertiary/aromatic N) is 2. The van der Waals surface area contributed by atoms with Crippen LogP contribution in [0.25, 0.3) is 10.8 Å². The van der Waals surface area contributed by atoms with Crippen molar-refractivity contribution in [1.82, 2.24) is 4.98 Å². The van der Waals surface area contributed by atoms with Gasteiger partial charge >= 0.3 is 0 Å². The second-order valence-electron chi connectivity index (χ2n) is 6.07. The molecule has 0 aliphatic heterocycles. The monoisotopic (exact) mass is 284 g/mol. The van der Waals surface area contributed by atoms with Crippen LogP contribution < -0.4 is 4.90 Å². The lowest BCUT2D eigenvalue weighted by Gasteiger charge is -2.29. The predicted molar refractivity (Wildman–Crippen MR) is 87.6 cm³/mol. The number of hydrogen-bond donors (Lipinski definition) is 1. The van der Waals surface area contributed by atoms with Gasteiger partial charge in [-0.1, -0.05) is 49.9 Å². The van der Waals surface area contributed by atoms with Crippen LogP contribution in [0, 0.1) is 0 Å². The number of aliphatic hydroxyl groups is 1. The van der Waals surface area contributed by atoms with E-state index in [1.165, 1.54) is 43.9 Å². The molecule has 1 aliphatic carbocycles. The molecule has 1 aromatic carbocycles. The minimum Gasteiger partial charge on any atom is -0.390 e. The Bertz CT molecular complexity index is 603. The first kappa shape index (κ1) is 14.3. The van der Waals surface area contributed by atoms with Gasteiger partial charge in [-0.15, -0.1) is 0 Å². The molecule has 1 saturated carbocycles. The summed E-state index contributed by atoms with van der Waals surface area (Å²) in [6.07, 6.45) is 7.83. The molecular formula is C18H24N2O. The molecule has 3 rings (SSSR count). The van der Waals surface area contributed by atoms with E-state index in [1.54, 1.807) is 0 Å². The van der Waals surface area contributed by atoms with E-state index >= 15 is 0 Å². The van der Waals surface area contributed by atoms with Gasteiger partial charge in [0, 0.05) is 18.5 Å². The topological polar surface area (TPSA) is 36.4 Å². The summed E-state index contributed by atoms with van der Waals surface area (Å²) in [5.41, 5.74) is 0.754. The molecule has 112 valence electrons. The summed E-state index contributed by atoms with van der Waals surface area (Å²) in [7, 11) is 2.16. The first-order chi connectivity index (χ1) is 10.3. The van der Waals surface area contributed by atoms with Crippen LogP contribution in [0.15, 0.2) is 30.3 Å². The molecule has 0 saturated heterocycles. The second kappa shape index (κ2) is 6.44. The highest BCUT2D eigenvalue weighted by molar-refractivity contribution is 5.92. The zero-order valence-electron chi connectivity index (χ0n) is 12.8. The predicted octanol–water partition coefficient (Wildman–Crippen LogP) is 3.89. The van der Waals surface area contributed by atoms with Crippen LogP contribution in [-0.2, 0) is 6.61 Å². The van der Waals surface area contributed by atoms with E-state index in [9.17, 15) is 5.11 Å². The maximum Gasteiger partial charge on any atom is 0.136 e. The average Bonchev–Trinajstić information content (AvgIpc) is 2.82. The van der Waals surface area contributed by atoms with Gasteiger partial charge in [0.05, 0.1) is 12.3 Å². The molecule has 1 heterocycles. The van der Waals surface area contributed by atoms with Crippen molar-refractivity contribution in [3.05, 3.63) is 36.0 Å². The summed E-state index contributed by atoms with van der Waals surface area (Å²) in [4.78, 5) is 7.04. The Morgan fingerprint density at radius 3 is 2.57 bits per heavy atom. The highest BCUT2D eigenvalue weighted by atomic mass is 16.3. The fourth-order valence-corrected chi connectivity index (χ4v) is 3.40. The molecular weight excluding hydrogens is 260 g/mol. The number of hydrogen-bond acceptors (Lipinski definition) is 3. The molecule has 1 N–H and O–H groups in total. The highest BCUT2D eigenvalue weighted by Crippen LogP contribution is 2.30. The van der Waals surface area contributed by atoms with Crippen molar-refractivity contribution < 1.29 is 5.11 Å². The molecule has 0 spiro atoms. The van der Waals surface area contributed by atoms with Crippen LogP contribution in [0.4, 0.5) is 5.82 Å². The minimum absolute atomic E-state index is 0.00363. The Morgan fingerprint density at radius 1 is 1.14 bits per heavy atom. The van der Waals surface area contributed by atoms with Crippen molar-refractivity contribution in [2.45, 2.75) is 51.2 Å². The molecule has 2 aromatic rings. The third kappa shape index (κ3) is 3.03. The van der Waals surface area contributed by atoms with Gasteiger partial charge in [0.15, 0.2) is 0 Å². The summed E-state index contributed by atoms with van der Waals surface area (Å²) >= 11 is 0. The largest absolute Gasteiger partial charge is 0.390 e. The molecule has 1 aromatic heterocycles. The molecule has 1 aliphatic rings. The lowest BCUT2D eigenvalue weighted by molar-refractivity contribution is 0.277. The molecule has 0 bridgehead atoms. The Labute approximate surface area is 126 Å². The number of fused-ring (bicyclic) bond motifs is 1. The fraction of sp³-hybridized carbons (Fsp3) is 0.500. The number of anilines is 1. The number of aromatic nitrogens is 1. The smallest absolute Gasteiger partial charge is 0.136 e. The molecule has 3 nitrogen and oxygen atoms in total. The molecule has 0 amide bonds. The zero-order valence-corrected chi connectivity index (χ0v) is 12.8. The van der Waals surface area contributed by atoms with Crippen LogP contribution >= 0.6 is 0 Å². The lowest BCUT2D eigenvalue weighted by atomic mass is 10.1. The van der Waals surface area contributed by atoms with Gasteiger partial charge in [0.2, 0.25) is 0 Å². The Balaban J connectivity index is 2.01. The van der Waals surface area contributed by atoms with Crippen molar-refractivity contribution >= 4 is 16.6 Å². The van der Waals surface area contributed by atoms with E-state index < -0.39 is 0 Å². The molecule has 1 fully saturated rings. The molecule has 0 atom stereocenters. The summed E-state index contributed by atoms with van der Waals surface area (Å²) < 4.78 is 0. The first-order valence-electron chi connectivity index (χ1n) is 8.02. The minimum atomic E-state index is -0.00363. The van der Waals surface area contributed by atoms with Crippen molar-refractivity contribution in [1.29, 1.82) is 0 Å². The Kier molecular flexibility index (Phi) is 4.39. The third-order valence-electron chi connectivity index (χ3n) is 4.64. The van der Waals surface area contributed by atoms with E-state index in [-0.39, 0.29) is 6.61 Å². The van der Waals surface area contributed by atoms with Gasteiger partial charge in [-0.3, -0.25) is 0 Å². The third-order valence-corrected chi connectivity index (χ3v) is 4.64. The molecule has 21 heavy (non-hydrogen) atoms. The molecule has 0 radical (unpaired) electrons. The highest BCUT2D eigenvalue weighted by Gasteiger charge is 2.20. The van der Waals surface area contributed by atoms with Crippen molar-refractivity contribution in [3.63, 3.8) is 0 Å². The standard InChI is InChI=1S/C18H24N2O/c1-20(16-9-4-2-3-5-10-16)18-17-11-7-6-8-14(17)12-15(13-21)19-18/h6-8,11-12,16,21H,2-5,9-10,13H2,1H3. The normalized spacial score (nSPS) is 16.9. The van der Waals surface area contributed by atoms with E-state index in [1.807, 2.05) is 12.1 Å². The second-order valence-corrected chi connectivity index (χ2v) is 6.07. The average molecular weight is 284 g/mol. The van der Waals surface area contributed by atoms with Gasteiger partial charge in [-0.05, 0) is 24.3 Å². The first-order valence-corrected chi connectivity index (χ1v) is 8.02. The van der Waals surface area contributed by atoms with Gasteiger partial charge in [-0.2, -0.15) is 0 Å². The van der Waals surface area contributed by atoms with Crippen LogP contribution in [0.3, 0.4) is 0 Å². The summed E-state index contributed by atoms with van der Waals surface area (Å²) in [5.74, 6) is 1.02. The Morgan fingerprint density at radius 2 is 1.86 bits per heavy atom. The fourth-order valence-electron chi connectivity index (χ4n) is 3.40. The van der Waals surface area contributed by atoms with Gasteiger partial charge < -0.3 is 10.0 Å². The van der Waals surface area contributed by atoms with E-state index in [2.05, 4.69) is 30.1 Å². The van der Waals surface area contributed by atoms with Gasteiger partial charge in [-0.25, -0.2) is 4.98 Å². The number of pyridine rings is 1. The maximum absolute atomic E-state index is 9.48. The number of benzene rings is 1. The quantitative estimate of drug-likeness (QED) is 0.869. The van der Waals surface area contributed by atoms with Crippen molar-refractivity contribution in [2.75, 3.05) is 11.9 Å². The summed E-state index contributed by atoms with van der Waals surface area (Å²) in [6, 6.07) is 10.9. The van der Waals surface area contributed by atoms with Crippen LogP contribution in [0.2, 0.25) is 0 Å². The van der Waals surface area contributed by atoms with Crippen LogP contribution in [-0.4, -0.2) is 23.2 Å². The SMILES string of the molecule is CN(c1nc(CO)cc2ccccc12)C1CCCCCC1. The molecule has 0 unspecified atom stereocenters. The van der Waals surface area contributed by atoms with Gasteiger partial charge in [0.1, 0.15) is 5.82 Å². The van der Waals surface area contributed by atoms with Gasteiger partial charge in [0.25, 0.3) is 0 Å². The van der Waals surface area contributed by atoms with E-state index in [0.29, 0.717) is 6.04 Å². The van der Waals surface area contributed by atoms with Crippen molar-refractivity contribution in [3.8, 4) is 0 Å². The maximum atomic E-state index is 9.48. The summed E-state index contributed by atoms with van der Waals surface area (Å²) in [6.45, 7) is -0.00363. The summed E-state index contributed by atoms with van der Waals surface area (Å²) in [5, 5.41) is 11.8. The lowest BCUT2D eigenvalue weighted by Crippen LogP contribution is -2.32. The van der Waals surface area contributed by atoms with Crippen LogP contribution in [0.5, 0.6) is 0 Å². The number of rotatable bonds is 3. The zero-order chi connectivity index (χ0) is 14.7. The Hall–Kier alpha value is -1.61. The van der Waals surface area contributed by atoms with Crippen LogP contribution in [0.1, 0.15) is 44.2 Å². The van der Waals surface area contributed by atoms with Crippen molar-refractivity contribution in [2.24, 2.45) is 0 Å².